The van der Waals surface area contributed by atoms with Gasteiger partial charge in [-0.3, -0.25) is 9.78 Å². The Labute approximate surface area is 175 Å². The maximum absolute atomic E-state index is 13.3. The molecule has 0 aliphatic heterocycles. The monoisotopic (exact) mass is 404 g/mol. The number of halogens is 1. The maximum atomic E-state index is 13.3. The number of carboxylic acid groups (broad SMARTS) is 1. The van der Waals surface area contributed by atoms with Crippen molar-refractivity contribution in [3.05, 3.63) is 78.2 Å². The lowest BCUT2D eigenvalue weighted by Crippen LogP contribution is -2.16. The standard InChI is InChI=1S/C25H25FN2O2/c26-21-2-1-3-22(15-21)28-23-12-13-24(27-16-23)20-10-8-19(9-11-20)18-6-4-17(5-7-18)14-25(29)30/h1-3,8-13,15-18,28H,4-7,14H2,(H,29,30)/t17-,18-. The number of benzene rings is 2. The van der Waals surface area contributed by atoms with Crippen LogP contribution >= 0.6 is 0 Å². The minimum Gasteiger partial charge on any atom is -0.481 e. The van der Waals surface area contributed by atoms with Crippen molar-refractivity contribution < 1.29 is 14.3 Å². The molecule has 154 valence electrons. The minimum absolute atomic E-state index is 0.278. The van der Waals surface area contributed by atoms with Gasteiger partial charge in [0.05, 0.1) is 17.6 Å². The number of carbonyl (C=O) groups is 1. The Balaban J connectivity index is 1.37. The van der Waals surface area contributed by atoms with Gasteiger partial charge in [0.1, 0.15) is 5.82 Å². The van der Waals surface area contributed by atoms with E-state index < -0.39 is 5.97 Å². The van der Waals surface area contributed by atoms with Gasteiger partial charge in [-0.25, -0.2) is 4.39 Å². The second-order valence-electron chi connectivity index (χ2n) is 8.00. The summed E-state index contributed by atoms with van der Waals surface area (Å²) in [7, 11) is 0. The highest BCUT2D eigenvalue weighted by atomic mass is 19.1. The van der Waals surface area contributed by atoms with E-state index >= 15 is 0 Å². The second kappa shape index (κ2) is 9.08. The summed E-state index contributed by atoms with van der Waals surface area (Å²) >= 11 is 0. The molecule has 2 aromatic carbocycles. The SMILES string of the molecule is O=C(O)C[C@H]1CC[C@H](c2ccc(-c3ccc(Nc4cccc(F)c4)cn3)cc2)CC1. The second-order valence-corrected chi connectivity index (χ2v) is 8.00. The van der Waals surface area contributed by atoms with Crippen LogP contribution in [0.1, 0.15) is 43.6 Å². The molecular weight excluding hydrogens is 379 g/mol. The highest BCUT2D eigenvalue weighted by molar-refractivity contribution is 5.67. The van der Waals surface area contributed by atoms with Crippen LogP contribution in [0.5, 0.6) is 0 Å². The molecule has 0 unspecified atom stereocenters. The van der Waals surface area contributed by atoms with Crippen LogP contribution < -0.4 is 5.32 Å². The van der Waals surface area contributed by atoms with Crippen molar-refractivity contribution in [2.45, 2.75) is 38.0 Å². The van der Waals surface area contributed by atoms with Crippen LogP contribution in [0.25, 0.3) is 11.3 Å². The third-order valence-corrected chi connectivity index (χ3v) is 5.86. The van der Waals surface area contributed by atoms with Crippen molar-refractivity contribution in [1.29, 1.82) is 0 Å². The van der Waals surface area contributed by atoms with Crippen LogP contribution in [0, 0.1) is 11.7 Å². The number of aromatic nitrogens is 1. The van der Waals surface area contributed by atoms with Gasteiger partial charge in [0, 0.05) is 17.7 Å². The van der Waals surface area contributed by atoms with Gasteiger partial charge in [-0.15, -0.1) is 0 Å². The molecule has 1 fully saturated rings. The lowest BCUT2D eigenvalue weighted by Gasteiger charge is -2.28. The largest absolute Gasteiger partial charge is 0.481 e. The van der Waals surface area contributed by atoms with Gasteiger partial charge >= 0.3 is 5.97 Å². The fourth-order valence-corrected chi connectivity index (χ4v) is 4.24. The Morgan fingerprint density at radius 3 is 2.40 bits per heavy atom. The molecule has 1 aliphatic carbocycles. The van der Waals surface area contributed by atoms with E-state index in [1.54, 1.807) is 12.3 Å². The van der Waals surface area contributed by atoms with Crippen molar-refractivity contribution in [1.82, 2.24) is 4.98 Å². The molecule has 3 aromatic rings. The first-order valence-corrected chi connectivity index (χ1v) is 10.4. The average molecular weight is 404 g/mol. The molecule has 0 amide bonds. The molecule has 5 heteroatoms. The van der Waals surface area contributed by atoms with Crippen molar-refractivity contribution in [3.63, 3.8) is 0 Å². The third kappa shape index (κ3) is 5.03. The van der Waals surface area contributed by atoms with E-state index in [-0.39, 0.29) is 5.82 Å². The van der Waals surface area contributed by atoms with E-state index in [0.717, 1.165) is 42.6 Å². The summed E-state index contributed by atoms with van der Waals surface area (Å²) in [5, 5.41) is 12.1. The minimum atomic E-state index is -0.688. The fourth-order valence-electron chi connectivity index (χ4n) is 4.24. The molecule has 0 saturated heterocycles. The summed E-state index contributed by atoms with van der Waals surface area (Å²) in [6.07, 6.45) is 6.12. The molecule has 1 heterocycles. The molecule has 4 rings (SSSR count). The highest BCUT2D eigenvalue weighted by Gasteiger charge is 2.23. The van der Waals surface area contributed by atoms with Gasteiger partial charge in [-0.05, 0) is 73.4 Å². The molecule has 2 N–H and O–H groups in total. The molecule has 1 aliphatic rings. The van der Waals surface area contributed by atoms with Gasteiger partial charge in [-0.1, -0.05) is 30.3 Å². The lowest BCUT2D eigenvalue weighted by atomic mass is 9.77. The lowest BCUT2D eigenvalue weighted by molar-refractivity contribution is -0.138. The molecular formula is C25H25FN2O2. The van der Waals surface area contributed by atoms with Gasteiger partial charge in [0.2, 0.25) is 0 Å². The predicted molar refractivity (Wildman–Crippen MR) is 116 cm³/mol. The van der Waals surface area contributed by atoms with E-state index in [4.69, 9.17) is 5.11 Å². The summed E-state index contributed by atoms with van der Waals surface area (Å²) < 4.78 is 13.3. The Morgan fingerprint density at radius 1 is 1.00 bits per heavy atom. The first-order valence-electron chi connectivity index (χ1n) is 10.4. The zero-order valence-electron chi connectivity index (χ0n) is 16.7. The molecule has 1 saturated carbocycles. The van der Waals surface area contributed by atoms with Crippen LogP contribution in [-0.2, 0) is 4.79 Å². The number of hydrogen-bond donors (Lipinski definition) is 2. The van der Waals surface area contributed by atoms with E-state index in [9.17, 15) is 9.18 Å². The summed E-state index contributed by atoms with van der Waals surface area (Å²) in [5.74, 6) is -0.135. The Hall–Kier alpha value is -3.21. The topological polar surface area (TPSA) is 62.2 Å². The van der Waals surface area contributed by atoms with Gasteiger partial charge in [-0.2, -0.15) is 0 Å². The number of rotatable bonds is 6. The van der Waals surface area contributed by atoms with Crippen LogP contribution in [0.15, 0.2) is 66.9 Å². The highest BCUT2D eigenvalue weighted by Crippen LogP contribution is 2.37. The van der Waals surface area contributed by atoms with E-state index in [1.807, 2.05) is 18.2 Å². The molecule has 0 radical (unpaired) electrons. The molecule has 0 atom stereocenters. The Kier molecular flexibility index (Phi) is 6.07. The van der Waals surface area contributed by atoms with Gasteiger partial charge < -0.3 is 10.4 Å². The number of aliphatic carboxylic acids is 1. The van der Waals surface area contributed by atoms with Crippen molar-refractivity contribution >= 4 is 17.3 Å². The van der Waals surface area contributed by atoms with Crippen LogP contribution in [0.3, 0.4) is 0 Å². The van der Waals surface area contributed by atoms with Crippen LogP contribution in [0.2, 0.25) is 0 Å². The van der Waals surface area contributed by atoms with E-state index in [0.29, 0.717) is 23.9 Å². The zero-order valence-corrected chi connectivity index (χ0v) is 16.7. The van der Waals surface area contributed by atoms with Gasteiger partial charge in [0.15, 0.2) is 0 Å². The summed E-state index contributed by atoms with van der Waals surface area (Å²) in [6, 6.07) is 18.8. The third-order valence-electron chi connectivity index (χ3n) is 5.86. The van der Waals surface area contributed by atoms with Crippen molar-refractivity contribution in [2.24, 2.45) is 5.92 Å². The number of hydrogen-bond acceptors (Lipinski definition) is 3. The molecule has 30 heavy (non-hydrogen) atoms. The molecule has 4 nitrogen and oxygen atoms in total. The van der Waals surface area contributed by atoms with Crippen molar-refractivity contribution in [3.8, 4) is 11.3 Å². The van der Waals surface area contributed by atoms with E-state index in [2.05, 4.69) is 34.6 Å². The normalized spacial score (nSPS) is 18.7. The molecule has 1 aromatic heterocycles. The first-order chi connectivity index (χ1) is 14.6. The first kappa shape index (κ1) is 20.1. The van der Waals surface area contributed by atoms with Gasteiger partial charge in [0.25, 0.3) is 0 Å². The summed E-state index contributed by atoms with van der Waals surface area (Å²) in [4.78, 5) is 15.4. The maximum Gasteiger partial charge on any atom is 0.303 e. The number of nitrogens with one attached hydrogen (secondary N) is 1. The number of anilines is 2. The summed E-state index contributed by atoms with van der Waals surface area (Å²) in [6.45, 7) is 0. The predicted octanol–water partition coefficient (Wildman–Crippen LogP) is 6.38. The fraction of sp³-hybridized carbons (Fsp3) is 0.280. The Bertz CT molecular complexity index is 994. The van der Waals surface area contributed by atoms with E-state index in [1.165, 1.54) is 17.7 Å². The van der Waals surface area contributed by atoms with Crippen LogP contribution in [-0.4, -0.2) is 16.1 Å². The molecule has 0 spiro atoms. The quantitative estimate of drug-likeness (QED) is 0.500. The average Bonchev–Trinajstić information content (AvgIpc) is 2.75. The number of pyridine rings is 1. The Morgan fingerprint density at radius 2 is 1.77 bits per heavy atom. The number of nitrogens with zero attached hydrogens (tertiary/aromatic N) is 1. The zero-order chi connectivity index (χ0) is 20.9. The van der Waals surface area contributed by atoms with Crippen molar-refractivity contribution in [2.75, 3.05) is 5.32 Å². The number of carboxylic acids is 1. The smallest absolute Gasteiger partial charge is 0.303 e. The molecule has 0 bridgehead atoms. The van der Waals surface area contributed by atoms with Crippen LogP contribution in [0.4, 0.5) is 15.8 Å². The summed E-state index contributed by atoms with van der Waals surface area (Å²) in [5.41, 5.74) is 4.75.